The molecule has 2 aliphatic rings. The molecule has 4 heterocycles. The first-order valence-electron chi connectivity index (χ1n) is 10.5. The van der Waals surface area contributed by atoms with E-state index in [-0.39, 0.29) is 6.61 Å². The predicted molar refractivity (Wildman–Crippen MR) is 114 cm³/mol. The number of anilines is 1. The van der Waals surface area contributed by atoms with E-state index in [0.717, 1.165) is 74.6 Å². The first-order chi connectivity index (χ1) is 13.8. The maximum absolute atomic E-state index is 9.18. The molecule has 0 atom stereocenters. The lowest BCUT2D eigenvalue weighted by Crippen LogP contribution is -2.47. The maximum atomic E-state index is 9.18. The number of piperazine rings is 1. The number of aromatic nitrogens is 3. The summed E-state index contributed by atoms with van der Waals surface area (Å²) in [7, 11) is 0. The zero-order chi connectivity index (χ0) is 19.1. The highest BCUT2D eigenvalue weighted by Crippen LogP contribution is 2.42. The topological polar surface area (TPSA) is 65.4 Å². The van der Waals surface area contributed by atoms with E-state index in [9.17, 15) is 5.11 Å². The number of β-amino-alcohol motifs (C(OH)–C–C–N with tert-alkyl or cyclic N) is 1. The summed E-state index contributed by atoms with van der Waals surface area (Å²) in [4.78, 5) is 20.3. The smallest absolute Gasteiger partial charge is 0.150 e. The Labute approximate surface area is 169 Å². The summed E-state index contributed by atoms with van der Waals surface area (Å²) >= 11 is 1.77. The summed E-state index contributed by atoms with van der Waals surface area (Å²) in [6.07, 6.45) is 7.48. The Hall–Kier alpha value is -1.83. The number of nitrogens with zero attached hydrogens (tertiary/aromatic N) is 5. The fourth-order valence-electron chi connectivity index (χ4n) is 4.76. The number of aryl methyl sites for hydroxylation is 2. The number of fused-ring (bicyclic) bond motifs is 5. The van der Waals surface area contributed by atoms with Gasteiger partial charge >= 0.3 is 0 Å². The van der Waals surface area contributed by atoms with E-state index in [0.29, 0.717) is 0 Å². The Morgan fingerprint density at radius 3 is 2.71 bits per heavy atom. The van der Waals surface area contributed by atoms with Crippen LogP contribution in [0.2, 0.25) is 0 Å². The number of aliphatic hydroxyl groups is 1. The third-order valence-corrected chi connectivity index (χ3v) is 7.18. The Kier molecular flexibility index (Phi) is 4.90. The van der Waals surface area contributed by atoms with Crippen molar-refractivity contribution in [2.45, 2.75) is 39.0 Å². The molecule has 6 nitrogen and oxygen atoms in total. The molecule has 0 radical (unpaired) electrons. The van der Waals surface area contributed by atoms with Crippen LogP contribution in [0.5, 0.6) is 0 Å². The minimum atomic E-state index is 0.227. The van der Waals surface area contributed by atoms with Crippen LogP contribution in [0, 0.1) is 0 Å². The van der Waals surface area contributed by atoms with E-state index in [1.54, 1.807) is 17.7 Å². The number of rotatable bonds is 5. The van der Waals surface area contributed by atoms with Crippen molar-refractivity contribution in [3.05, 3.63) is 23.1 Å². The molecular weight excluding hydrogens is 370 g/mol. The summed E-state index contributed by atoms with van der Waals surface area (Å²) in [5, 5.41) is 10.5. The van der Waals surface area contributed by atoms with E-state index in [2.05, 4.69) is 21.7 Å². The van der Waals surface area contributed by atoms with E-state index in [1.165, 1.54) is 33.3 Å². The lowest BCUT2D eigenvalue weighted by molar-refractivity contribution is 0.188. The Balaban J connectivity index is 1.59. The second-order valence-electron chi connectivity index (χ2n) is 7.83. The largest absolute Gasteiger partial charge is 0.395 e. The summed E-state index contributed by atoms with van der Waals surface area (Å²) < 4.78 is 1.18. The lowest BCUT2D eigenvalue weighted by atomic mass is 10.0. The zero-order valence-corrected chi connectivity index (χ0v) is 17.3. The SMILES string of the molecule is CCCc1nc2sc3c(N4CCN(CCO)CC4)ncnc3c2c2c1CCC2. The second kappa shape index (κ2) is 7.54. The van der Waals surface area contributed by atoms with Gasteiger partial charge in [0.1, 0.15) is 17.0 Å². The average molecular weight is 398 g/mol. The van der Waals surface area contributed by atoms with Crippen LogP contribution in [0.3, 0.4) is 0 Å². The van der Waals surface area contributed by atoms with Crippen LogP contribution in [0.25, 0.3) is 20.4 Å². The molecule has 0 aromatic carbocycles. The standard InChI is InChI=1S/C21H27N5OS/c1-2-4-16-14-5-3-6-15(14)17-18-19(28-21(17)24-16)20(23-13-22-18)26-9-7-25(8-10-26)11-12-27/h13,27H,2-12H2,1H3. The lowest BCUT2D eigenvalue weighted by Gasteiger charge is -2.35. The molecule has 7 heteroatoms. The van der Waals surface area contributed by atoms with Gasteiger partial charge in [0.15, 0.2) is 0 Å². The molecule has 0 amide bonds. The van der Waals surface area contributed by atoms with Gasteiger partial charge in [-0.3, -0.25) is 4.90 Å². The van der Waals surface area contributed by atoms with Gasteiger partial charge in [0.2, 0.25) is 0 Å². The van der Waals surface area contributed by atoms with E-state index >= 15 is 0 Å². The molecular formula is C21H27N5OS. The van der Waals surface area contributed by atoms with Gasteiger partial charge in [-0.2, -0.15) is 0 Å². The van der Waals surface area contributed by atoms with Crippen molar-refractivity contribution in [2.24, 2.45) is 0 Å². The zero-order valence-electron chi connectivity index (χ0n) is 16.4. The van der Waals surface area contributed by atoms with Gasteiger partial charge in [0, 0.05) is 43.8 Å². The number of aliphatic hydroxyl groups excluding tert-OH is 1. The highest BCUT2D eigenvalue weighted by molar-refractivity contribution is 7.26. The third kappa shape index (κ3) is 2.96. The van der Waals surface area contributed by atoms with Gasteiger partial charge in [0.05, 0.1) is 16.8 Å². The summed E-state index contributed by atoms with van der Waals surface area (Å²) in [6.45, 7) is 7.02. The van der Waals surface area contributed by atoms with Crippen LogP contribution in [0.1, 0.15) is 36.6 Å². The van der Waals surface area contributed by atoms with Gasteiger partial charge in [0.25, 0.3) is 0 Å². The predicted octanol–water partition coefficient (Wildman–Crippen LogP) is 2.80. The first-order valence-corrected chi connectivity index (χ1v) is 11.3. The van der Waals surface area contributed by atoms with Crippen LogP contribution in [-0.2, 0) is 19.3 Å². The Bertz CT molecular complexity index is 1010. The van der Waals surface area contributed by atoms with Gasteiger partial charge in [-0.1, -0.05) is 13.3 Å². The van der Waals surface area contributed by atoms with Crippen LogP contribution >= 0.6 is 11.3 Å². The van der Waals surface area contributed by atoms with E-state index in [1.807, 2.05) is 0 Å². The van der Waals surface area contributed by atoms with Crippen molar-refractivity contribution in [2.75, 3.05) is 44.2 Å². The van der Waals surface area contributed by atoms with Crippen molar-refractivity contribution >= 4 is 37.6 Å². The molecule has 1 fully saturated rings. The molecule has 1 N–H and O–H groups in total. The van der Waals surface area contributed by atoms with E-state index in [4.69, 9.17) is 9.97 Å². The molecule has 3 aromatic heterocycles. The van der Waals surface area contributed by atoms with Crippen LogP contribution in [0.4, 0.5) is 5.82 Å². The number of pyridine rings is 1. The maximum Gasteiger partial charge on any atom is 0.150 e. The molecule has 0 spiro atoms. The quantitative estimate of drug-likeness (QED) is 0.714. The summed E-state index contributed by atoms with van der Waals surface area (Å²) in [6, 6.07) is 0. The molecule has 148 valence electrons. The summed E-state index contributed by atoms with van der Waals surface area (Å²) in [5.41, 5.74) is 5.39. The van der Waals surface area contributed by atoms with Crippen LogP contribution in [-0.4, -0.2) is 64.3 Å². The molecule has 3 aromatic rings. The first kappa shape index (κ1) is 18.2. The molecule has 5 rings (SSSR count). The van der Waals surface area contributed by atoms with Crippen molar-refractivity contribution < 1.29 is 5.11 Å². The molecule has 0 bridgehead atoms. The van der Waals surface area contributed by atoms with Gasteiger partial charge in [-0.05, 0) is 36.8 Å². The summed E-state index contributed by atoms with van der Waals surface area (Å²) in [5.74, 6) is 1.06. The highest BCUT2D eigenvalue weighted by atomic mass is 32.1. The fourth-order valence-corrected chi connectivity index (χ4v) is 5.95. The van der Waals surface area contributed by atoms with Gasteiger partial charge < -0.3 is 10.0 Å². The molecule has 0 unspecified atom stereocenters. The normalized spacial score (nSPS) is 17.7. The molecule has 1 saturated heterocycles. The second-order valence-corrected chi connectivity index (χ2v) is 8.83. The number of hydrogen-bond donors (Lipinski definition) is 1. The minimum Gasteiger partial charge on any atom is -0.395 e. The van der Waals surface area contributed by atoms with Crippen molar-refractivity contribution in [3.8, 4) is 0 Å². The van der Waals surface area contributed by atoms with Gasteiger partial charge in [-0.25, -0.2) is 15.0 Å². The average Bonchev–Trinajstić information content (AvgIpc) is 3.33. The molecule has 0 saturated carbocycles. The van der Waals surface area contributed by atoms with Crippen molar-refractivity contribution in [3.63, 3.8) is 0 Å². The Morgan fingerprint density at radius 2 is 1.93 bits per heavy atom. The van der Waals surface area contributed by atoms with Crippen LogP contribution < -0.4 is 4.90 Å². The van der Waals surface area contributed by atoms with Crippen molar-refractivity contribution in [1.29, 1.82) is 0 Å². The van der Waals surface area contributed by atoms with Gasteiger partial charge in [-0.15, -0.1) is 11.3 Å². The molecule has 1 aliphatic carbocycles. The number of thiophene rings is 1. The molecule has 1 aliphatic heterocycles. The monoisotopic (exact) mass is 397 g/mol. The van der Waals surface area contributed by atoms with Crippen molar-refractivity contribution in [1.82, 2.24) is 19.9 Å². The van der Waals surface area contributed by atoms with E-state index < -0.39 is 0 Å². The van der Waals surface area contributed by atoms with Crippen LogP contribution in [0.15, 0.2) is 6.33 Å². The third-order valence-electron chi connectivity index (χ3n) is 6.11. The number of hydrogen-bond acceptors (Lipinski definition) is 7. The Morgan fingerprint density at radius 1 is 1.11 bits per heavy atom. The fraction of sp³-hybridized carbons (Fsp3) is 0.571. The molecule has 28 heavy (non-hydrogen) atoms. The highest BCUT2D eigenvalue weighted by Gasteiger charge is 2.26. The minimum absolute atomic E-state index is 0.227.